The predicted octanol–water partition coefficient (Wildman–Crippen LogP) is 5.55. The third-order valence-electron chi connectivity index (χ3n) is 4.86. The Bertz CT molecular complexity index is 1150. The molecule has 2 aromatic carbocycles. The fourth-order valence-corrected chi connectivity index (χ4v) is 4.02. The molecule has 1 aliphatic heterocycles. The lowest BCUT2D eigenvalue weighted by Crippen LogP contribution is -2.32. The zero-order valence-corrected chi connectivity index (χ0v) is 17.1. The molecule has 2 amide bonds. The Labute approximate surface area is 176 Å². The molecule has 2 heterocycles. The van der Waals surface area contributed by atoms with Crippen molar-refractivity contribution in [1.82, 2.24) is 0 Å². The second-order valence-electron chi connectivity index (χ2n) is 7.17. The molecule has 4 nitrogen and oxygen atoms in total. The van der Waals surface area contributed by atoms with Gasteiger partial charge in [-0.25, -0.2) is 13.7 Å². The van der Waals surface area contributed by atoms with Gasteiger partial charge in [-0.3, -0.25) is 9.59 Å². The molecule has 3 aromatic rings. The summed E-state index contributed by atoms with van der Waals surface area (Å²) >= 11 is 1.32. The highest BCUT2D eigenvalue weighted by Crippen LogP contribution is 2.36. The van der Waals surface area contributed by atoms with E-state index in [1.54, 1.807) is 29.6 Å². The van der Waals surface area contributed by atoms with Crippen molar-refractivity contribution in [3.05, 3.63) is 87.7 Å². The fraction of sp³-hybridized carbons (Fsp3) is 0.130. The van der Waals surface area contributed by atoms with Crippen LogP contribution in [-0.2, 0) is 9.59 Å². The van der Waals surface area contributed by atoms with Crippen molar-refractivity contribution >= 4 is 40.1 Å². The summed E-state index contributed by atoms with van der Waals surface area (Å²) in [6.45, 7) is 4.11. The largest absolute Gasteiger partial charge is 0.350 e. The first-order valence-corrected chi connectivity index (χ1v) is 10.2. The normalized spacial score (nSPS) is 14.2. The highest BCUT2D eigenvalue weighted by Gasteiger charge is 2.40. The van der Waals surface area contributed by atoms with Crippen LogP contribution in [0.4, 0.5) is 20.2 Å². The standard InChI is InChI=1S/C23H18F2N2O2S/c1-13(2)14-5-8-16(9-6-14)27-22(28)20(19-4-3-11-30-19)21(23(27)29)26-15-7-10-17(24)18(25)12-15/h3-13,26H,1-2H3. The number of carbonyl (C=O) groups excluding carboxylic acids is 2. The monoisotopic (exact) mass is 424 g/mol. The van der Waals surface area contributed by atoms with Crippen molar-refractivity contribution in [2.45, 2.75) is 19.8 Å². The van der Waals surface area contributed by atoms with Gasteiger partial charge in [-0.15, -0.1) is 11.3 Å². The lowest BCUT2D eigenvalue weighted by atomic mass is 10.0. The van der Waals surface area contributed by atoms with Crippen molar-refractivity contribution in [3.63, 3.8) is 0 Å². The first-order valence-electron chi connectivity index (χ1n) is 9.35. The van der Waals surface area contributed by atoms with Crippen molar-refractivity contribution in [3.8, 4) is 0 Å². The number of thiophene rings is 1. The third-order valence-corrected chi connectivity index (χ3v) is 5.75. The van der Waals surface area contributed by atoms with Crippen LogP contribution in [0.3, 0.4) is 0 Å². The number of nitrogens with zero attached hydrogens (tertiary/aromatic N) is 1. The summed E-state index contributed by atoms with van der Waals surface area (Å²) in [6, 6.07) is 14.0. The van der Waals surface area contributed by atoms with Gasteiger partial charge in [0.2, 0.25) is 0 Å². The van der Waals surface area contributed by atoms with Gasteiger partial charge in [-0.2, -0.15) is 0 Å². The highest BCUT2D eigenvalue weighted by atomic mass is 32.1. The van der Waals surface area contributed by atoms with Gasteiger partial charge in [0.05, 0.1) is 11.3 Å². The van der Waals surface area contributed by atoms with Crippen molar-refractivity contribution in [2.75, 3.05) is 10.2 Å². The van der Waals surface area contributed by atoms with E-state index in [9.17, 15) is 18.4 Å². The summed E-state index contributed by atoms with van der Waals surface area (Å²) in [5, 5.41) is 4.63. The lowest BCUT2D eigenvalue weighted by Gasteiger charge is -2.16. The van der Waals surface area contributed by atoms with Gasteiger partial charge in [0.15, 0.2) is 11.6 Å². The Morgan fingerprint density at radius 2 is 1.67 bits per heavy atom. The Balaban J connectivity index is 1.75. The van der Waals surface area contributed by atoms with Crippen LogP contribution in [0.25, 0.3) is 5.57 Å². The molecule has 7 heteroatoms. The summed E-state index contributed by atoms with van der Waals surface area (Å²) < 4.78 is 26.9. The number of benzene rings is 2. The number of hydrogen-bond donors (Lipinski definition) is 1. The maximum atomic E-state index is 13.7. The first-order chi connectivity index (χ1) is 14.4. The van der Waals surface area contributed by atoms with Crippen LogP contribution in [0, 0.1) is 11.6 Å². The van der Waals surface area contributed by atoms with Crippen molar-refractivity contribution < 1.29 is 18.4 Å². The molecule has 1 aromatic heterocycles. The molecule has 0 atom stereocenters. The summed E-state index contributed by atoms with van der Waals surface area (Å²) in [6.07, 6.45) is 0. The third kappa shape index (κ3) is 3.52. The van der Waals surface area contributed by atoms with Gasteiger partial charge in [-0.1, -0.05) is 32.0 Å². The summed E-state index contributed by atoms with van der Waals surface area (Å²) in [5.41, 5.74) is 1.94. The molecule has 1 aliphatic rings. The minimum Gasteiger partial charge on any atom is -0.350 e. The SMILES string of the molecule is CC(C)c1ccc(N2C(=O)C(Nc3ccc(F)c(F)c3)=C(c3cccs3)C2=O)cc1. The summed E-state index contributed by atoms with van der Waals surface area (Å²) in [5.74, 6) is -2.74. The summed E-state index contributed by atoms with van der Waals surface area (Å²) in [4.78, 5) is 28.2. The van der Waals surface area contributed by atoms with Gasteiger partial charge in [-0.05, 0) is 47.2 Å². The number of carbonyl (C=O) groups is 2. The molecule has 152 valence electrons. The van der Waals surface area contributed by atoms with E-state index in [0.29, 0.717) is 16.5 Å². The van der Waals surface area contributed by atoms with Crippen LogP contribution in [-0.4, -0.2) is 11.8 Å². The van der Waals surface area contributed by atoms with E-state index in [4.69, 9.17) is 0 Å². The van der Waals surface area contributed by atoms with E-state index < -0.39 is 23.4 Å². The zero-order valence-electron chi connectivity index (χ0n) is 16.3. The van der Waals surface area contributed by atoms with E-state index in [2.05, 4.69) is 19.2 Å². The van der Waals surface area contributed by atoms with Crippen LogP contribution in [0.5, 0.6) is 0 Å². The average molecular weight is 424 g/mol. The van der Waals surface area contributed by atoms with Crippen LogP contribution in [0.1, 0.15) is 30.2 Å². The second-order valence-corrected chi connectivity index (χ2v) is 8.12. The van der Waals surface area contributed by atoms with E-state index >= 15 is 0 Å². The number of amides is 2. The number of rotatable bonds is 5. The van der Waals surface area contributed by atoms with Crippen LogP contribution < -0.4 is 10.2 Å². The van der Waals surface area contributed by atoms with Gasteiger partial charge >= 0.3 is 0 Å². The Morgan fingerprint density at radius 1 is 0.933 bits per heavy atom. The van der Waals surface area contributed by atoms with Gasteiger partial charge in [0.25, 0.3) is 11.8 Å². The Morgan fingerprint density at radius 3 is 2.27 bits per heavy atom. The van der Waals surface area contributed by atoms with Gasteiger partial charge in [0.1, 0.15) is 5.70 Å². The first kappa shape index (κ1) is 20.0. The molecule has 0 saturated carbocycles. The maximum absolute atomic E-state index is 13.7. The van der Waals surface area contributed by atoms with Crippen LogP contribution >= 0.6 is 11.3 Å². The van der Waals surface area contributed by atoms with E-state index in [0.717, 1.165) is 22.6 Å². The highest BCUT2D eigenvalue weighted by molar-refractivity contribution is 7.11. The minimum atomic E-state index is -1.05. The number of anilines is 2. The number of imide groups is 1. The van der Waals surface area contributed by atoms with Gasteiger partial charge in [0, 0.05) is 16.6 Å². The predicted molar refractivity (Wildman–Crippen MR) is 114 cm³/mol. The quantitative estimate of drug-likeness (QED) is 0.547. The molecule has 4 rings (SSSR count). The molecule has 0 bridgehead atoms. The molecule has 0 aliphatic carbocycles. The molecule has 0 saturated heterocycles. The zero-order chi connectivity index (χ0) is 21.4. The van der Waals surface area contributed by atoms with E-state index in [1.165, 1.54) is 17.4 Å². The molecule has 1 N–H and O–H groups in total. The average Bonchev–Trinajstić information content (AvgIpc) is 3.32. The van der Waals surface area contributed by atoms with E-state index in [1.807, 2.05) is 12.1 Å². The number of halogens is 2. The smallest absolute Gasteiger partial charge is 0.282 e. The Hall–Kier alpha value is -3.32. The van der Waals surface area contributed by atoms with Crippen LogP contribution in [0.2, 0.25) is 0 Å². The molecule has 0 fully saturated rings. The van der Waals surface area contributed by atoms with Gasteiger partial charge < -0.3 is 5.32 Å². The van der Waals surface area contributed by atoms with E-state index in [-0.39, 0.29) is 17.0 Å². The fourth-order valence-electron chi connectivity index (χ4n) is 3.26. The summed E-state index contributed by atoms with van der Waals surface area (Å²) in [7, 11) is 0. The minimum absolute atomic E-state index is 0.0291. The molecule has 0 spiro atoms. The molecule has 0 radical (unpaired) electrons. The molecule has 30 heavy (non-hydrogen) atoms. The maximum Gasteiger partial charge on any atom is 0.282 e. The lowest BCUT2D eigenvalue weighted by molar-refractivity contribution is -0.120. The number of nitrogens with one attached hydrogen (secondary N) is 1. The molecule has 0 unspecified atom stereocenters. The Kier molecular flexibility index (Phi) is 5.22. The van der Waals surface area contributed by atoms with Crippen LogP contribution in [0.15, 0.2) is 65.7 Å². The van der Waals surface area contributed by atoms with Crippen molar-refractivity contribution in [1.29, 1.82) is 0 Å². The topological polar surface area (TPSA) is 49.4 Å². The number of hydrogen-bond acceptors (Lipinski definition) is 4. The molecular formula is C23H18F2N2O2S. The van der Waals surface area contributed by atoms with Crippen molar-refractivity contribution in [2.24, 2.45) is 0 Å². The molecular weight excluding hydrogens is 406 g/mol. The second kappa shape index (κ2) is 7.84.